The molecule has 30 heavy (non-hydrogen) atoms. The van der Waals surface area contributed by atoms with Gasteiger partial charge in [-0.05, 0) is 31.9 Å². The number of nitrogen functional groups attached to an aromatic ring is 1. The highest BCUT2D eigenvalue weighted by Crippen LogP contribution is 2.28. The Kier molecular flexibility index (Phi) is 5.83. The molecule has 0 fully saturated rings. The third kappa shape index (κ3) is 4.15. The molecule has 0 aliphatic rings. The lowest BCUT2D eigenvalue weighted by atomic mass is 10.1. The highest BCUT2D eigenvalue weighted by molar-refractivity contribution is 5.99. The van der Waals surface area contributed by atoms with Crippen molar-refractivity contribution in [3.8, 4) is 11.8 Å². The molecule has 3 rings (SSSR count). The van der Waals surface area contributed by atoms with E-state index in [-0.39, 0.29) is 30.1 Å². The Morgan fingerprint density at radius 1 is 1.33 bits per heavy atom. The van der Waals surface area contributed by atoms with Gasteiger partial charge in [0.05, 0.1) is 23.6 Å². The summed E-state index contributed by atoms with van der Waals surface area (Å²) in [7, 11) is 0. The van der Waals surface area contributed by atoms with Crippen LogP contribution in [0, 0.1) is 11.8 Å². The summed E-state index contributed by atoms with van der Waals surface area (Å²) >= 11 is 0. The highest BCUT2D eigenvalue weighted by Gasteiger charge is 2.21. The number of H-pyrrole nitrogens is 1. The van der Waals surface area contributed by atoms with Crippen molar-refractivity contribution in [2.45, 2.75) is 26.8 Å². The van der Waals surface area contributed by atoms with E-state index in [0.29, 0.717) is 28.0 Å². The maximum absolute atomic E-state index is 11.5. The molecule has 1 unspecified atom stereocenters. The molecule has 5 N–H and O–H groups in total. The van der Waals surface area contributed by atoms with Crippen molar-refractivity contribution in [3.05, 3.63) is 41.5 Å². The van der Waals surface area contributed by atoms with Gasteiger partial charge in [0, 0.05) is 13.5 Å². The third-order valence-corrected chi connectivity index (χ3v) is 4.33. The van der Waals surface area contributed by atoms with Crippen LogP contribution >= 0.6 is 0 Å². The number of anilines is 2. The van der Waals surface area contributed by atoms with Crippen molar-refractivity contribution in [2.75, 3.05) is 17.2 Å². The molecule has 0 saturated carbocycles. The van der Waals surface area contributed by atoms with Gasteiger partial charge in [-0.1, -0.05) is 12.0 Å². The lowest BCUT2D eigenvalue weighted by Gasteiger charge is -2.17. The van der Waals surface area contributed by atoms with E-state index in [1.807, 2.05) is 6.92 Å². The van der Waals surface area contributed by atoms with Crippen molar-refractivity contribution < 1.29 is 14.7 Å². The first-order valence-corrected chi connectivity index (χ1v) is 9.20. The van der Waals surface area contributed by atoms with Crippen LogP contribution < -0.4 is 16.0 Å². The van der Waals surface area contributed by atoms with Crippen molar-refractivity contribution >= 4 is 34.7 Å². The zero-order chi connectivity index (χ0) is 21.8. The van der Waals surface area contributed by atoms with Gasteiger partial charge in [0.25, 0.3) is 0 Å². The minimum atomic E-state index is -1.14. The molecule has 0 aliphatic carbocycles. The summed E-state index contributed by atoms with van der Waals surface area (Å²) < 4.78 is 0. The number of rotatable bonds is 4. The molecule has 10 nitrogen and oxygen atoms in total. The van der Waals surface area contributed by atoms with Gasteiger partial charge in [-0.2, -0.15) is 0 Å². The summed E-state index contributed by atoms with van der Waals surface area (Å²) in [4.78, 5) is 39.7. The van der Waals surface area contributed by atoms with E-state index in [2.05, 4.69) is 37.1 Å². The number of carbonyl (C=O) groups excluding carboxylic acids is 1. The monoisotopic (exact) mass is 407 g/mol. The van der Waals surface area contributed by atoms with E-state index in [4.69, 9.17) is 5.73 Å². The average Bonchev–Trinajstić information content (AvgIpc) is 3.17. The first kappa shape index (κ1) is 20.6. The number of aromatic nitrogens is 4. The molecule has 2 amide bonds. The zero-order valence-electron chi connectivity index (χ0n) is 16.7. The van der Waals surface area contributed by atoms with E-state index < -0.39 is 6.09 Å². The molecule has 0 aliphatic heterocycles. The van der Waals surface area contributed by atoms with Crippen LogP contribution in [0.3, 0.4) is 0 Å². The predicted molar refractivity (Wildman–Crippen MR) is 112 cm³/mol. The van der Waals surface area contributed by atoms with E-state index >= 15 is 0 Å². The largest absolute Gasteiger partial charge is 0.465 e. The molecule has 3 aromatic heterocycles. The lowest BCUT2D eigenvalue weighted by Crippen LogP contribution is -2.30. The predicted octanol–water partition coefficient (Wildman–Crippen LogP) is 2.04. The SMILES string of the molecule is CCN(C(=O)O)c1nc(N)c(C#Cc2cccc(C(C)NC(C)=O)n2)c2nc[nH]c12. The molecule has 3 heterocycles. The number of aromatic amines is 1. The quantitative estimate of drug-likeness (QED) is 0.483. The van der Waals surface area contributed by atoms with Crippen molar-refractivity contribution in [2.24, 2.45) is 0 Å². The summed E-state index contributed by atoms with van der Waals surface area (Å²) in [5.74, 6) is 5.97. The highest BCUT2D eigenvalue weighted by atomic mass is 16.4. The number of carboxylic acid groups (broad SMARTS) is 1. The molecule has 0 spiro atoms. The number of nitrogens with one attached hydrogen (secondary N) is 2. The molecule has 0 saturated heterocycles. The number of fused-ring (bicyclic) bond motifs is 1. The van der Waals surface area contributed by atoms with Crippen molar-refractivity contribution in [3.63, 3.8) is 0 Å². The van der Waals surface area contributed by atoms with Gasteiger partial charge in [-0.25, -0.2) is 19.7 Å². The van der Waals surface area contributed by atoms with Gasteiger partial charge in [0.1, 0.15) is 22.5 Å². The number of hydrogen-bond acceptors (Lipinski definition) is 6. The molecule has 3 aromatic rings. The number of pyridine rings is 2. The number of amides is 2. The van der Waals surface area contributed by atoms with Gasteiger partial charge in [0.2, 0.25) is 5.91 Å². The van der Waals surface area contributed by atoms with Gasteiger partial charge in [-0.3, -0.25) is 9.69 Å². The fourth-order valence-electron chi connectivity index (χ4n) is 2.96. The second-order valence-corrected chi connectivity index (χ2v) is 6.47. The number of carbonyl (C=O) groups is 2. The van der Waals surface area contributed by atoms with E-state index in [1.165, 1.54) is 13.3 Å². The molecule has 0 aromatic carbocycles. The van der Waals surface area contributed by atoms with Gasteiger partial charge in [-0.15, -0.1) is 0 Å². The maximum atomic E-state index is 11.5. The molecule has 0 radical (unpaired) electrons. The summed E-state index contributed by atoms with van der Waals surface area (Å²) in [5.41, 5.74) is 8.46. The van der Waals surface area contributed by atoms with Crippen LogP contribution in [0.4, 0.5) is 16.4 Å². The third-order valence-electron chi connectivity index (χ3n) is 4.33. The van der Waals surface area contributed by atoms with Crippen LogP contribution in [0.5, 0.6) is 0 Å². The Labute approximate surface area is 172 Å². The number of imidazole rings is 1. The fourth-order valence-corrected chi connectivity index (χ4v) is 2.96. The molecule has 10 heteroatoms. The topological polar surface area (TPSA) is 150 Å². The van der Waals surface area contributed by atoms with E-state index in [1.54, 1.807) is 25.1 Å². The van der Waals surface area contributed by atoms with Crippen LogP contribution in [-0.2, 0) is 4.79 Å². The molecule has 0 bridgehead atoms. The summed E-state index contributed by atoms with van der Waals surface area (Å²) in [6, 6.07) is 5.07. The zero-order valence-corrected chi connectivity index (χ0v) is 16.7. The average molecular weight is 407 g/mol. The second kappa shape index (κ2) is 8.48. The standard InChI is InChI=1S/C20H21N7O3/c1-4-27(20(29)30)19-17-16(22-10-23-17)14(18(21)26-19)9-8-13-6-5-7-15(25-13)11(2)24-12(3)28/h5-7,10-11H,4H2,1-3H3,(H2,21,26)(H,22,23)(H,24,28)(H,29,30). The van der Waals surface area contributed by atoms with Crippen LogP contribution in [0.1, 0.15) is 43.8 Å². The van der Waals surface area contributed by atoms with Crippen LogP contribution in [0.15, 0.2) is 24.5 Å². The Morgan fingerprint density at radius 3 is 2.77 bits per heavy atom. The number of hydrogen-bond donors (Lipinski definition) is 4. The van der Waals surface area contributed by atoms with Crippen LogP contribution in [-0.4, -0.2) is 43.6 Å². The van der Waals surface area contributed by atoms with E-state index in [0.717, 1.165) is 4.90 Å². The smallest absolute Gasteiger partial charge is 0.413 e. The van der Waals surface area contributed by atoms with Crippen LogP contribution in [0.25, 0.3) is 11.0 Å². The van der Waals surface area contributed by atoms with E-state index in [9.17, 15) is 14.7 Å². The summed E-state index contributed by atoms with van der Waals surface area (Å²) in [6.07, 6.45) is 0.290. The van der Waals surface area contributed by atoms with Gasteiger partial charge >= 0.3 is 6.09 Å². The number of nitrogens with zero attached hydrogens (tertiary/aromatic N) is 4. The molecular formula is C20H21N7O3. The first-order chi connectivity index (χ1) is 14.3. The van der Waals surface area contributed by atoms with Gasteiger partial charge < -0.3 is 21.1 Å². The maximum Gasteiger partial charge on any atom is 0.413 e. The second-order valence-electron chi connectivity index (χ2n) is 6.47. The Morgan fingerprint density at radius 2 is 2.10 bits per heavy atom. The molecule has 1 atom stereocenters. The minimum absolute atomic E-state index is 0.0690. The summed E-state index contributed by atoms with van der Waals surface area (Å²) in [5, 5.41) is 12.2. The van der Waals surface area contributed by atoms with Crippen molar-refractivity contribution in [1.82, 2.24) is 25.3 Å². The Balaban J connectivity index is 2.02. The lowest BCUT2D eigenvalue weighted by molar-refractivity contribution is -0.119. The Hall–Kier alpha value is -4.13. The fraction of sp³-hybridized carbons (Fsp3) is 0.250. The van der Waals surface area contributed by atoms with Crippen LogP contribution in [0.2, 0.25) is 0 Å². The van der Waals surface area contributed by atoms with Crippen molar-refractivity contribution in [1.29, 1.82) is 0 Å². The first-order valence-electron chi connectivity index (χ1n) is 9.20. The number of nitrogens with two attached hydrogens (primary N) is 1. The normalized spacial score (nSPS) is 11.4. The van der Waals surface area contributed by atoms with Gasteiger partial charge in [0.15, 0.2) is 5.82 Å². The minimum Gasteiger partial charge on any atom is -0.465 e. The molecular weight excluding hydrogens is 386 g/mol. The molecule has 154 valence electrons. The summed E-state index contributed by atoms with van der Waals surface area (Å²) in [6.45, 7) is 5.17. The Bertz CT molecular complexity index is 1180.